The van der Waals surface area contributed by atoms with Crippen molar-refractivity contribution in [3.05, 3.63) is 72.2 Å². The highest BCUT2D eigenvalue weighted by Gasteiger charge is 2.67. The van der Waals surface area contributed by atoms with Crippen molar-refractivity contribution < 1.29 is 18.8 Å². The van der Waals surface area contributed by atoms with E-state index in [9.17, 15) is 14.4 Å². The van der Waals surface area contributed by atoms with Crippen LogP contribution in [0.3, 0.4) is 0 Å². The molecule has 2 heterocycles. The minimum absolute atomic E-state index is 0.144. The molecule has 158 valence electrons. The number of benzene rings is 1. The quantitative estimate of drug-likeness (QED) is 0.580. The molecule has 1 aliphatic heterocycles. The van der Waals surface area contributed by atoms with Crippen molar-refractivity contribution in [1.29, 1.82) is 0 Å². The van der Waals surface area contributed by atoms with Gasteiger partial charge in [-0.05, 0) is 47.8 Å². The maximum absolute atomic E-state index is 13.5. The predicted molar refractivity (Wildman–Crippen MR) is 111 cm³/mol. The molecule has 0 spiro atoms. The Hall–Kier alpha value is -3.15. The van der Waals surface area contributed by atoms with E-state index in [4.69, 9.17) is 4.42 Å². The summed E-state index contributed by atoms with van der Waals surface area (Å²) in [5.41, 5.74) is 0.917. The van der Waals surface area contributed by atoms with Crippen molar-refractivity contribution in [2.45, 2.75) is 25.4 Å². The minimum Gasteiger partial charge on any atom is -0.467 e. The Kier molecular flexibility index (Phi) is 4.16. The topological polar surface area (TPSA) is 79.6 Å². The van der Waals surface area contributed by atoms with Gasteiger partial charge in [-0.2, -0.15) is 0 Å². The van der Waals surface area contributed by atoms with E-state index in [-0.39, 0.29) is 47.9 Å². The monoisotopic (exact) mass is 416 g/mol. The summed E-state index contributed by atoms with van der Waals surface area (Å²) in [6.45, 7) is 0.219. The van der Waals surface area contributed by atoms with Crippen molar-refractivity contribution in [3.63, 3.8) is 0 Å². The van der Waals surface area contributed by atoms with Crippen molar-refractivity contribution >= 4 is 17.7 Å². The van der Waals surface area contributed by atoms with Gasteiger partial charge >= 0.3 is 0 Å². The van der Waals surface area contributed by atoms with Crippen LogP contribution in [0.25, 0.3) is 0 Å². The van der Waals surface area contributed by atoms with Gasteiger partial charge in [0.25, 0.3) is 0 Å². The number of carbonyl (C=O) groups excluding carboxylic acids is 3. The lowest BCUT2D eigenvalue weighted by Gasteiger charge is -2.37. The Bertz CT molecular complexity index is 1020. The van der Waals surface area contributed by atoms with Crippen LogP contribution >= 0.6 is 0 Å². The summed E-state index contributed by atoms with van der Waals surface area (Å²) in [5.74, 6) is 0.705. The Morgan fingerprint density at radius 1 is 1.00 bits per heavy atom. The van der Waals surface area contributed by atoms with Gasteiger partial charge in [0, 0.05) is 6.42 Å². The highest BCUT2D eigenvalue weighted by molar-refractivity contribution is 6.09. The maximum atomic E-state index is 13.5. The molecule has 2 aromatic rings. The molecular formula is C25H24N2O4. The standard InChI is InChI=1S/C25H24N2O4/c28-23(26-13-15-7-4-10-31-15)20(11-14-5-2-1-3-6-14)27-24(29)21-16-8-9-17(19-12-18(16)19)22(21)25(27)30/h1-10,16-22H,11-13H2,(H,26,28)/t16-,17-,18-,19+,20-,21+,22+/m1/s1. The first kappa shape index (κ1) is 18.6. The minimum atomic E-state index is -0.862. The van der Waals surface area contributed by atoms with Crippen LogP contribution in [0.1, 0.15) is 17.7 Å². The van der Waals surface area contributed by atoms with Crippen LogP contribution in [-0.2, 0) is 27.3 Å². The van der Waals surface area contributed by atoms with E-state index in [1.54, 1.807) is 18.4 Å². The molecule has 1 N–H and O–H groups in total. The van der Waals surface area contributed by atoms with E-state index in [0.717, 1.165) is 12.0 Å². The molecule has 2 bridgehead atoms. The summed E-state index contributed by atoms with van der Waals surface area (Å²) in [6.07, 6.45) is 7.27. The SMILES string of the molecule is O=C(NCc1ccco1)[C@@H](Cc1ccccc1)N1C(=O)[C@H]2[C@@H]3C=C[C@H]([C@@H]4C[C@H]34)[C@@H]2C1=O. The van der Waals surface area contributed by atoms with Gasteiger partial charge in [0.2, 0.25) is 17.7 Å². The van der Waals surface area contributed by atoms with Gasteiger partial charge in [-0.25, -0.2) is 0 Å². The molecule has 1 saturated heterocycles. The van der Waals surface area contributed by atoms with Gasteiger partial charge in [0.05, 0.1) is 24.6 Å². The summed E-state index contributed by atoms with van der Waals surface area (Å²) >= 11 is 0. The number of hydrogen-bond donors (Lipinski definition) is 1. The zero-order valence-corrected chi connectivity index (χ0v) is 17.0. The number of hydrogen-bond acceptors (Lipinski definition) is 4. The number of imide groups is 1. The molecule has 4 aliphatic carbocycles. The average molecular weight is 416 g/mol. The van der Waals surface area contributed by atoms with Crippen molar-refractivity contribution in [1.82, 2.24) is 10.2 Å². The Morgan fingerprint density at radius 3 is 2.29 bits per heavy atom. The summed E-state index contributed by atoms with van der Waals surface area (Å²) in [4.78, 5) is 41.6. The molecule has 31 heavy (non-hydrogen) atoms. The fourth-order valence-electron chi connectivity index (χ4n) is 6.13. The molecule has 5 aliphatic rings. The molecule has 3 amide bonds. The van der Waals surface area contributed by atoms with Crippen LogP contribution < -0.4 is 5.32 Å². The molecule has 6 heteroatoms. The van der Waals surface area contributed by atoms with Crippen molar-refractivity contribution in [2.24, 2.45) is 35.5 Å². The van der Waals surface area contributed by atoms with E-state index < -0.39 is 6.04 Å². The number of nitrogens with zero attached hydrogens (tertiary/aromatic N) is 1. The third kappa shape index (κ3) is 2.88. The number of allylic oxidation sites excluding steroid dienone is 2. The van der Waals surface area contributed by atoms with Crippen molar-refractivity contribution in [2.75, 3.05) is 0 Å². The average Bonchev–Trinajstić information content (AvgIpc) is 3.38. The lowest BCUT2D eigenvalue weighted by Crippen LogP contribution is -2.51. The second-order valence-corrected chi connectivity index (χ2v) is 9.20. The molecule has 7 rings (SSSR count). The van der Waals surface area contributed by atoms with E-state index in [2.05, 4.69) is 17.5 Å². The van der Waals surface area contributed by atoms with Gasteiger partial charge < -0.3 is 9.73 Å². The summed E-state index contributed by atoms with van der Waals surface area (Å²) in [5, 5.41) is 2.87. The van der Waals surface area contributed by atoms with Gasteiger partial charge in [0.15, 0.2) is 0 Å². The number of rotatable bonds is 6. The van der Waals surface area contributed by atoms with E-state index in [1.807, 2.05) is 30.3 Å². The summed E-state index contributed by atoms with van der Waals surface area (Å²) in [7, 11) is 0. The maximum Gasteiger partial charge on any atom is 0.244 e. The Balaban J connectivity index is 1.30. The van der Waals surface area contributed by atoms with Gasteiger partial charge in [-0.3, -0.25) is 19.3 Å². The lowest BCUT2D eigenvalue weighted by molar-refractivity contribution is -0.148. The van der Waals surface area contributed by atoms with Crippen LogP contribution in [0.4, 0.5) is 0 Å². The van der Waals surface area contributed by atoms with Crippen LogP contribution in [-0.4, -0.2) is 28.7 Å². The zero-order valence-electron chi connectivity index (χ0n) is 17.0. The second kappa shape index (κ2) is 6.94. The smallest absolute Gasteiger partial charge is 0.244 e. The molecule has 0 unspecified atom stereocenters. The second-order valence-electron chi connectivity index (χ2n) is 9.20. The zero-order chi connectivity index (χ0) is 21.1. The van der Waals surface area contributed by atoms with Crippen molar-refractivity contribution in [3.8, 4) is 0 Å². The van der Waals surface area contributed by atoms with Crippen LogP contribution in [0.5, 0.6) is 0 Å². The molecule has 1 aromatic carbocycles. The van der Waals surface area contributed by atoms with E-state index >= 15 is 0 Å². The lowest BCUT2D eigenvalue weighted by atomic mass is 9.63. The van der Waals surface area contributed by atoms with Gasteiger partial charge in [-0.1, -0.05) is 42.5 Å². The number of carbonyl (C=O) groups is 3. The first-order valence-corrected chi connectivity index (χ1v) is 11.0. The third-order valence-corrected chi connectivity index (χ3v) is 7.60. The number of nitrogens with one attached hydrogen (secondary N) is 1. The first-order chi connectivity index (χ1) is 15.1. The highest BCUT2D eigenvalue weighted by Crippen LogP contribution is 2.65. The molecule has 3 fully saturated rings. The van der Waals surface area contributed by atoms with Gasteiger partial charge in [0.1, 0.15) is 11.8 Å². The normalized spacial score (nSPS) is 33.2. The van der Waals surface area contributed by atoms with Gasteiger partial charge in [-0.15, -0.1) is 0 Å². The highest BCUT2D eigenvalue weighted by atomic mass is 16.3. The van der Waals surface area contributed by atoms with E-state index in [0.29, 0.717) is 24.0 Å². The fraction of sp³-hybridized carbons (Fsp3) is 0.400. The van der Waals surface area contributed by atoms with E-state index in [1.165, 1.54) is 4.90 Å². The molecule has 0 radical (unpaired) electrons. The summed E-state index contributed by atoms with van der Waals surface area (Å²) < 4.78 is 5.31. The largest absolute Gasteiger partial charge is 0.467 e. The molecule has 6 nitrogen and oxygen atoms in total. The number of furan rings is 1. The fourth-order valence-corrected chi connectivity index (χ4v) is 6.13. The molecule has 1 aromatic heterocycles. The first-order valence-electron chi connectivity index (χ1n) is 11.0. The van der Waals surface area contributed by atoms with Crippen LogP contribution in [0.2, 0.25) is 0 Å². The number of likely N-dealkylation sites (tertiary alicyclic amines) is 1. The molecular weight excluding hydrogens is 392 g/mol. The number of amides is 3. The third-order valence-electron chi connectivity index (χ3n) is 7.60. The Morgan fingerprint density at radius 2 is 1.68 bits per heavy atom. The van der Waals surface area contributed by atoms with Crippen LogP contribution in [0.15, 0.2) is 65.3 Å². The summed E-state index contributed by atoms with van der Waals surface area (Å²) in [6, 6.07) is 12.2. The molecule has 7 atom stereocenters. The molecule has 2 saturated carbocycles. The predicted octanol–water partition coefficient (Wildman–Crippen LogP) is 2.56. The Labute approximate surface area is 180 Å². The van der Waals surface area contributed by atoms with Crippen LogP contribution in [0, 0.1) is 35.5 Å².